The van der Waals surface area contributed by atoms with Gasteiger partial charge >= 0.3 is 12.0 Å². The highest BCUT2D eigenvalue weighted by atomic mass is 32.1. The average Bonchev–Trinajstić information content (AvgIpc) is 2.64. The minimum Gasteiger partial charge on any atom is -0.465 e. The highest BCUT2D eigenvalue weighted by molar-refractivity contribution is 7.12. The molecule has 0 bridgehead atoms. The third-order valence-electron chi connectivity index (χ3n) is 1.51. The number of hydrogen-bond donors (Lipinski definition) is 2. The number of hydrogen-bond acceptors (Lipinski definition) is 4. The molecule has 1 heterocycles. The van der Waals surface area contributed by atoms with E-state index >= 15 is 0 Å². The Hall–Kier alpha value is -1.56. The first-order valence-corrected chi connectivity index (χ1v) is 4.71. The van der Waals surface area contributed by atoms with Gasteiger partial charge in [-0.1, -0.05) is 0 Å². The van der Waals surface area contributed by atoms with E-state index in [1.165, 1.54) is 25.5 Å². The maximum absolute atomic E-state index is 11.2. The molecule has 0 fully saturated rings. The molecule has 1 rings (SSSR count). The number of urea groups is 1. The first kappa shape index (κ1) is 10.5. The van der Waals surface area contributed by atoms with Gasteiger partial charge < -0.3 is 15.4 Å². The van der Waals surface area contributed by atoms with Gasteiger partial charge in [0, 0.05) is 7.05 Å². The van der Waals surface area contributed by atoms with E-state index < -0.39 is 5.97 Å². The number of rotatable bonds is 2. The van der Waals surface area contributed by atoms with Crippen molar-refractivity contribution in [3.8, 4) is 0 Å². The normalized spacial score (nSPS) is 9.29. The molecule has 0 aliphatic heterocycles. The number of ether oxygens (including phenoxy) is 1. The van der Waals surface area contributed by atoms with Gasteiger partial charge in [0.05, 0.1) is 12.8 Å². The Morgan fingerprint density at radius 1 is 1.50 bits per heavy atom. The highest BCUT2D eigenvalue weighted by Crippen LogP contribution is 2.22. The van der Waals surface area contributed by atoms with Gasteiger partial charge in [0.15, 0.2) is 0 Å². The van der Waals surface area contributed by atoms with Gasteiger partial charge in [-0.25, -0.2) is 9.59 Å². The summed E-state index contributed by atoms with van der Waals surface area (Å²) in [6, 6.07) is 1.28. The number of amides is 2. The number of carbonyl (C=O) groups excluding carboxylic acids is 2. The Balaban J connectivity index is 2.82. The lowest BCUT2D eigenvalue weighted by atomic mass is 10.4. The summed E-state index contributed by atoms with van der Waals surface area (Å²) in [6.45, 7) is 0. The topological polar surface area (TPSA) is 67.4 Å². The van der Waals surface area contributed by atoms with E-state index in [1.54, 1.807) is 11.4 Å². The van der Waals surface area contributed by atoms with Crippen LogP contribution in [0.25, 0.3) is 0 Å². The molecular weight excluding hydrogens is 204 g/mol. The molecule has 2 amide bonds. The monoisotopic (exact) mass is 214 g/mol. The zero-order valence-corrected chi connectivity index (χ0v) is 8.60. The quantitative estimate of drug-likeness (QED) is 0.729. The predicted octanol–water partition coefficient (Wildman–Crippen LogP) is 1.29. The van der Waals surface area contributed by atoms with Crippen LogP contribution in [-0.4, -0.2) is 26.2 Å². The summed E-state index contributed by atoms with van der Waals surface area (Å²) in [5.41, 5.74) is 0.459. The van der Waals surface area contributed by atoms with Crippen LogP contribution in [-0.2, 0) is 4.74 Å². The number of methoxy groups -OCH3 is 1. The highest BCUT2D eigenvalue weighted by Gasteiger charge is 2.14. The maximum atomic E-state index is 11.2. The lowest BCUT2D eigenvalue weighted by Crippen LogP contribution is -2.25. The van der Waals surface area contributed by atoms with Crippen molar-refractivity contribution in [2.75, 3.05) is 19.5 Å². The molecular formula is C8H10N2O3S. The van der Waals surface area contributed by atoms with Crippen LogP contribution in [0.15, 0.2) is 11.4 Å². The van der Waals surface area contributed by atoms with Crippen molar-refractivity contribution >= 4 is 29.0 Å². The molecule has 1 aromatic heterocycles. The molecule has 6 heteroatoms. The summed E-state index contributed by atoms with van der Waals surface area (Å²) in [7, 11) is 2.80. The molecule has 5 nitrogen and oxygen atoms in total. The second-order valence-electron chi connectivity index (χ2n) is 2.36. The number of esters is 1. The van der Waals surface area contributed by atoms with Crippen molar-refractivity contribution in [1.82, 2.24) is 5.32 Å². The van der Waals surface area contributed by atoms with E-state index in [0.717, 1.165) is 0 Å². The predicted molar refractivity (Wildman–Crippen MR) is 53.7 cm³/mol. The number of anilines is 1. The zero-order chi connectivity index (χ0) is 10.6. The largest absolute Gasteiger partial charge is 0.465 e. The van der Waals surface area contributed by atoms with E-state index in [4.69, 9.17) is 0 Å². The van der Waals surface area contributed by atoms with Crippen LogP contribution in [0.3, 0.4) is 0 Å². The van der Waals surface area contributed by atoms with Gasteiger partial charge in [0.25, 0.3) is 0 Å². The second kappa shape index (κ2) is 4.61. The minimum absolute atomic E-state index is 0.367. The Bertz CT molecular complexity index is 348. The Kier molecular flexibility index (Phi) is 3.47. The molecule has 76 valence electrons. The van der Waals surface area contributed by atoms with E-state index in [-0.39, 0.29) is 6.03 Å². The second-order valence-corrected chi connectivity index (χ2v) is 3.28. The lowest BCUT2D eigenvalue weighted by Gasteiger charge is -2.03. The van der Waals surface area contributed by atoms with Crippen molar-refractivity contribution in [2.45, 2.75) is 0 Å². The Morgan fingerprint density at radius 2 is 2.21 bits per heavy atom. The van der Waals surface area contributed by atoms with Gasteiger partial charge in [-0.2, -0.15) is 0 Å². The van der Waals surface area contributed by atoms with Crippen LogP contribution in [0.4, 0.5) is 10.5 Å². The molecule has 0 aliphatic carbocycles. The minimum atomic E-state index is -0.452. The fourth-order valence-electron chi connectivity index (χ4n) is 0.843. The fourth-order valence-corrected chi connectivity index (χ4v) is 1.61. The Labute approximate surface area is 85.1 Å². The summed E-state index contributed by atoms with van der Waals surface area (Å²) < 4.78 is 4.55. The van der Waals surface area contributed by atoms with Crippen LogP contribution in [0.1, 0.15) is 9.67 Å². The van der Waals surface area contributed by atoms with Gasteiger partial charge in [0.1, 0.15) is 4.88 Å². The maximum Gasteiger partial charge on any atom is 0.350 e. The average molecular weight is 214 g/mol. The van der Waals surface area contributed by atoms with Crippen LogP contribution in [0.5, 0.6) is 0 Å². The smallest absolute Gasteiger partial charge is 0.350 e. The summed E-state index contributed by atoms with van der Waals surface area (Å²) >= 11 is 1.22. The molecule has 0 saturated carbocycles. The van der Waals surface area contributed by atoms with E-state index in [1.807, 2.05) is 0 Å². The molecule has 0 saturated heterocycles. The zero-order valence-electron chi connectivity index (χ0n) is 7.79. The third-order valence-corrected chi connectivity index (χ3v) is 2.41. The molecule has 0 radical (unpaired) electrons. The van der Waals surface area contributed by atoms with Gasteiger partial charge in [-0.15, -0.1) is 11.3 Å². The van der Waals surface area contributed by atoms with Gasteiger partial charge in [-0.05, 0) is 11.4 Å². The van der Waals surface area contributed by atoms with Crippen molar-refractivity contribution in [2.24, 2.45) is 0 Å². The van der Waals surface area contributed by atoms with E-state index in [9.17, 15) is 9.59 Å². The van der Waals surface area contributed by atoms with Crippen LogP contribution in [0.2, 0.25) is 0 Å². The fraction of sp³-hybridized carbons (Fsp3) is 0.250. The number of thiophene rings is 1. The van der Waals surface area contributed by atoms with Gasteiger partial charge in [0.2, 0.25) is 0 Å². The summed E-state index contributed by atoms with van der Waals surface area (Å²) in [4.78, 5) is 22.5. The standard InChI is InChI=1S/C8H10N2O3S/c1-9-8(12)10-5-3-4-14-6(5)7(11)13-2/h3-4H,1-2H3,(H2,9,10,12). The van der Waals surface area contributed by atoms with Crippen LogP contribution < -0.4 is 10.6 Å². The SMILES string of the molecule is CNC(=O)Nc1ccsc1C(=O)OC. The molecule has 0 aromatic carbocycles. The van der Waals surface area contributed by atoms with Crippen molar-refractivity contribution < 1.29 is 14.3 Å². The molecule has 2 N–H and O–H groups in total. The van der Waals surface area contributed by atoms with Crippen molar-refractivity contribution in [3.05, 3.63) is 16.3 Å². The van der Waals surface area contributed by atoms with Crippen LogP contribution in [0, 0.1) is 0 Å². The number of carbonyl (C=O) groups is 2. The van der Waals surface area contributed by atoms with Gasteiger partial charge in [-0.3, -0.25) is 0 Å². The van der Waals surface area contributed by atoms with E-state index in [2.05, 4.69) is 15.4 Å². The third kappa shape index (κ3) is 2.23. The summed E-state index contributed by atoms with van der Waals surface area (Å²) in [5.74, 6) is -0.452. The Morgan fingerprint density at radius 3 is 2.79 bits per heavy atom. The molecule has 1 aromatic rings. The first-order chi connectivity index (χ1) is 6.69. The summed E-state index contributed by atoms with van der Waals surface area (Å²) in [6.07, 6.45) is 0. The molecule has 0 spiro atoms. The molecule has 14 heavy (non-hydrogen) atoms. The lowest BCUT2D eigenvalue weighted by molar-refractivity contribution is 0.0607. The molecule has 0 atom stereocenters. The first-order valence-electron chi connectivity index (χ1n) is 3.83. The number of nitrogens with one attached hydrogen (secondary N) is 2. The van der Waals surface area contributed by atoms with E-state index in [0.29, 0.717) is 10.6 Å². The van der Waals surface area contributed by atoms with Crippen molar-refractivity contribution in [3.63, 3.8) is 0 Å². The summed E-state index contributed by atoms with van der Waals surface area (Å²) in [5, 5.41) is 6.61. The molecule has 0 unspecified atom stereocenters. The van der Waals surface area contributed by atoms with Crippen molar-refractivity contribution in [1.29, 1.82) is 0 Å². The molecule has 0 aliphatic rings. The van der Waals surface area contributed by atoms with Crippen LogP contribution >= 0.6 is 11.3 Å².